The number of anilines is 2. The maximum Gasteiger partial charge on any atom is 0.322 e. The zero-order valence-electron chi connectivity index (χ0n) is 14.3. The largest absolute Gasteiger partial charge is 0.494 e. The maximum absolute atomic E-state index is 14.2. The van der Waals surface area contributed by atoms with Crippen LogP contribution in [0.2, 0.25) is 0 Å². The van der Waals surface area contributed by atoms with E-state index in [-0.39, 0.29) is 23.5 Å². The molecular formula is C18H21FN4O2. The van der Waals surface area contributed by atoms with E-state index in [9.17, 15) is 9.18 Å². The molecule has 25 heavy (non-hydrogen) atoms. The van der Waals surface area contributed by atoms with Crippen molar-refractivity contribution in [3.8, 4) is 5.75 Å². The molecule has 2 aromatic rings. The van der Waals surface area contributed by atoms with Crippen LogP contribution < -0.4 is 15.0 Å². The van der Waals surface area contributed by atoms with E-state index in [4.69, 9.17) is 4.74 Å². The molecule has 0 radical (unpaired) electrons. The van der Waals surface area contributed by atoms with E-state index in [2.05, 4.69) is 15.2 Å². The minimum atomic E-state index is -0.568. The van der Waals surface area contributed by atoms with Crippen LogP contribution in [0.5, 0.6) is 5.75 Å². The molecule has 1 aromatic carbocycles. The van der Waals surface area contributed by atoms with Crippen LogP contribution in [-0.2, 0) is 0 Å². The summed E-state index contributed by atoms with van der Waals surface area (Å²) in [6.07, 6.45) is 3.51. The standard InChI is InChI=1S/C18H21FN4O2/c1-13-12-22(14-6-8-20-9-7-14)10-11-23(13)18(24)21-15-4-3-5-16(25-2)17(15)19/h3-9,13H,10-12H2,1-2H3,(H,21,24). The Morgan fingerprint density at radius 3 is 2.72 bits per heavy atom. The smallest absolute Gasteiger partial charge is 0.322 e. The predicted molar refractivity (Wildman–Crippen MR) is 94.6 cm³/mol. The van der Waals surface area contributed by atoms with Crippen LogP contribution in [0.4, 0.5) is 20.6 Å². The minimum Gasteiger partial charge on any atom is -0.494 e. The summed E-state index contributed by atoms with van der Waals surface area (Å²) in [6, 6.07) is 8.27. The molecule has 0 bridgehead atoms. The lowest BCUT2D eigenvalue weighted by molar-refractivity contribution is 0.184. The lowest BCUT2D eigenvalue weighted by Gasteiger charge is -2.40. The monoisotopic (exact) mass is 344 g/mol. The highest BCUT2D eigenvalue weighted by Gasteiger charge is 2.28. The topological polar surface area (TPSA) is 57.7 Å². The molecule has 1 aromatic heterocycles. The molecule has 1 aliphatic rings. The van der Waals surface area contributed by atoms with E-state index in [0.717, 1.165) is 5.69 Å². The quantitative estimate of drug-likeness (QED) is 0.930. The number of carbonyl (C=O) groups excluding carboxylic acids is 1. The molecule has 1 fully saturated rings. The van der Waals surface area contributed by atoms with E-state index < -0.39 is 5.82 Å². The molecule has 1 atom stereocenters. The molecule has 0 aliphatic carbocycles. The Bertz CT molecular complexity index is 741. The van der Waals surface area contributed by atoms with Crippen molar-refractivity contribution in [3.05, 3.63) is 48.5 Å². The van der Waals surface area contributed by atoms with Crippen LogP contribution in [0, 0.1) is 5.82 Å². The van der Waals surface area contributed by atoms with Gasteiger partial charge >= 0.3 is 6.03 Å². The molecule has 6 nitrogen and oxygen atoms in total. The Labute approximate surface area is 146 Å². The molecule has 7 heteroatoms. The summed E-state index contributed by atoms with van der Waals surface area (Å²) in [5.41, 5.74) is 1.20. The molecule has 3 rings (SSSR count). The number of halogens is 1. The second kappa shape index (κ2) is 7.38. The van der Waals surface area contributed by atoms with Crippen LogP contribution in [0.15, 0.2) is 42.7 Å². The number of nitrogens with one attached hydrogen (secondary N) is 1. The van der Waals surface area contributed by atoms with Crippen molar-refractivity contribution < 1.29 is 13.9 Å². The van der Waals surface area contributed by atoms with E-state index in [1.165, 1.54) is 19.2 Å². The van der Waals surface area contributed by atoms with Gasteiger partial charge < -0.3 is 19.9 Å². The van der Waals surface area contributed by atoms with Crippen LogP contribution in [0.25, 0.3) is 0 Å². The van der Waals surface area contributed by atoms with Gasteiger partial charge in [-0.1, -0.05) is 6.07 Å². The van der Waals surface area contributed by atoms with Gasteiger partial charge in [0, 0.05) is 43.8 Å². The average Bonchev–Trinajstić information content (AvgIpc) is 2.64. The van der Waals surface area contributed by atoms with Crippen LogP contribution in [0.3, 0.4) is 0 Å². The highest BCUT2D eigenvalue weighted by atomic mass is 19.1. The first-order chi connectivity index (χ1) is 12.1. The number of carbonyl (C=O) groups is 1. The minimum absolute atomic E-state index is 0.00409. The molecule has 1 unspecified atom stereocenters. The summed E-state index contributed by atoms with van der Waals surface area (Å²) in [5.74, 6) is -0.463. The number of hydrogen-bond acceptors (Lipinski definition) is 4. The lowest BCUT2D eigenvalue weighted by atomic mass is 10.2. The van der Waals surface area contributed by atoms with Crippen LogP contribution >= 0.6 is 0 Å². The number of amides is 2. The fourth-order valence-electron chi connectivity index (χ4n) is 3.00. The Kier molecular flexibility index (Phi) is 5.02. The summed E-state index contributed by atoms with van der Waals surface area (Å²) in [5, 5.41) is 2.64. The van der Waals surface area contributed by atoms with Crippen LogP contribution in [-0.4, -0.2) is 48.7 Å². The second-order valence-electron chi connectivity index (χ2n) is 5.95. The Morgan fingerprint density at radius 1 is 1.28 bits per heavy atom. The molecule has 1 N–H and O–H groups in total. The molecular weight excluding hydrogens is 323 g/mol. The molecule has 0 saturated carbocycles. The van der Waals surface area contributed by atoms with Gasteiger partial charge in [0.1, 0.15) is 0 Å². The SMILES string of the molecule is COc1cccc(NC(=O)N2CCN(c3ccncc3)CC2C)c1F. The van der Waals surface area contributed by atoms with Gasteiger partial charge in [-0.2, -0.15) is 0 Å². The Balaban J connectivity index is 1.66. The third-order valence-corrected chi connectivity index (χ3v) is 4.34. The van der Waals surface area contributed by atoms with E-state index in [1.54, 1.807) is 23.4 Å². The third-order valence-electron chi connectivity index (χ3n) is 4.34. The molecule has 2 amide bonds. The van der Waals surface area contributed by atoms with Gasteiger partial charge in [0.25, 0.3) is 0 Å². The molecule has 1 aliphatic heterocycles. The van der Waals surface area contributed by atoms with Crippen molar-refractivity contribution in [3.63, 3.8) is 0 Å². The Hall–Kier alpha value is -2.83. The van der Waals surface area contributed by atoms with Crippen molar-refractivity contribution in [2.75, 3.05) is 37.0 Å². The summed E-state index contributed by atoms with van der Waals surface area (Å²) in [7, 11) is 1.39. The van der Waals surface area contributed by atoms with Crippen molar-refractivity contribution >= 4 is 17.4 Å². The first-order valence-electron chi connectivity index (χ1n) is 8.15. The number of rotatable bonds is 3. The molecule has 1 saturated heterocycles. The maximum atomic E-state index is 14.2. The van der Waals surface area contributed by atoms with Gasteiger partial charge in [0.2, 0.25) is 0 Å². The van der Waals surface area contributed by atoms with Crippen molar-refractivity contribution in [2.24, 2.45) is 0 Å². The average molecular weight is 344 g/mol. The van der Waals surface area contributed by atoms with E-state index >= 15 is 0 Å². The van der Waals surface area contributed by atoms with Crippen molar-refractivity contribution in [1.29, 1.82) is 0 Å². The number of pyridine rings is 1. The third kappa shape index (κ3) is 3.65. The zero-order valence-corrected chi connectivity index (χ0v) is 14.3. The number of nitrogens with zero attached hydrogens (tertiary/aromatic N) is 3. The number of ether oxygens (including phenoxy) is 1. The number of benzene rings is 1. The molecule has 132 valence electrons. The highest BCUT2D eigenvalue weighted by Crippen LogP contribution is 2.25. The fourth-order valence-corrected chi connectivity index (χ4v) is 3.00. The predicted octanol–water partition coefficient (Wildman–Crippen LogP) is 2.97. The van der Waals surface area contributed by atoms with E-state index in [0.29, 0.717) is 19.6 Å². The number of hydrogen-bond donors (Lipinski definition) is 1. The first kappa shape index (κ1) is 17.0. The normalized spacial score (nSPS) is 17.3. The van der Waals surface area contributed by atoms with E-state index in [1.807, 2.05) is 19.1 Å². The van der Waals surface area contributed by atoms with Crippen LogP contribution in [0.1, 0.15) is 6.92 Å². The van der Waals surface area contributed by atoms with Crippen molar-refractivity contribution in [1.82, 2.24) is 9.88 Å². The van der Waals surface area contributed by atoms with Gasteiger partial charge in [-0.3, -0.25) is 4.98 Å². The van der Waals surface area contributed by atoms with Crippen molar-refractivity contribution in [2.45, 2.75) is 13.0 Å². The van der Waals surface area contributed by atoms with Gasteiger partial charge in [0.05, 0.1) is 12.8 Å². The number of piperazine rings is 1. The Morgan fingerprint density at radius 2 is 2.04 bits per heavy atom. The second-order valence-corrected chi connectivity index (χ2v) is 5.95. The van der Waals surface area contributed by atoms with Gasteiger partial charge in [-0.25, -0.2) is 9.18 Å². The number of methoxy groups -OCH3 is 1. The first-order valence-corrected chi connectivity index (χ1v) is 8.15. The lowest BCUT2D eigenvalue weighted by Crippen LogP contribution is -2.55. The zero-order chi connectivity index (χ0) is 17.8. The number of aromatic nitrogens is 1. The van der Waals surface area contributed by atoms with Gasteiger partial charge in [0.15, 0.2) is 11.6 Å². The highest BCUT2D eigenvalue weighted by molar-refractivity contribution is 5.90. The molecule has 2 heterocycles. The summed E-state index contributed by atoms with van der Waals surface area (Å²) >= 11 is 0. The number of urea groups is 1. The summed E-state index contributed by atoms with van der Waals surface area (Å²) in [4.78, 5) is 20.5. The fraction of sp³-hybridized carbons (Fsp3) is 0.333. The summed E-state index contributed by atoms with van der Waals surface area (Å²) in [6.45, 7) is 3.95. The molecule has 0 spiro atoms. The summed E-state index contributed by atoms with van der Waals surface area (Å²) < 4.78 is 19.2. The van der Waals surface area contributed by atoms with Gasteiger partial charge in [-0.05, 0) is 31.2 Å². The van der Waals surface area contributed by atoms with Gasteiger partial charge in [-0.15, -0.1) is 0 Å².